The smallest absolute Gasteiger partial charge is 0.259 e. The summed E-state index contributed by atoms with van der Waals surface area (Å²) in [5.74, 6) is -1.12. The summed E-state index contributed by atoms with van der Waals surface area (Å²) < 4.78 is 15.5. The number of rotatable bonds is 6. The number of ketones is 1. The number of phenols is 1. The van der Waals surface area contributed by atoms with Crippen LogP contribution in [0.1, 0.15) is 15.9 Å². The molecule has 0 spiro atoms. The molecule has 0 fully saturated rings. The molecule has 4 rings (SSSR count). The summed E-state index contributed by atoms with van der Waals surface area (Å²) in [6.07, 6.45) is 1.63. The number of phenolic OH excluding ortho intramolecular Hbond substituents is 1. The zero-order valence-corrected chi connectivity index (χ0v) is 17.1. The molecule has 0 bridgehead atoms. The Hall–Kier alpha value is -3.78. The van der Waals surface area contributed by atoms with Crippen LogP contribution in [-0.2, 0) is 6.54 Å². The zero-order chi connectivity index (χ0) is 22.1. The SMILES string of the molecule is CN(C)CCn1cc(C(=O)c2cc(F)ccc2O)cc1-c1nc2ccccc2c(=O)[nH]1. The third-order valence-electron chi connectivity index (χ3n) is 5.01. The van der Waals surface area contributed by atoms with Gasteiger partial charge in [-0.05, 0) is 50.5 Å². The summed E-state index contributed by atoms with van der Waals surface area (Å²) in [4.78, 5) is 34.9. The summed E-state index contributed by atoms with van der Waals surface area (Å²) in [7, 11) is 3.85. The van der Waals surface area contributed by atoms with Gasteiger partial charge in [0.2, 0.25) is 0 Å². The number of halogens is 1. The zero-order valence-electron chi connectivity index (χ0n) is 17.1. The van der Waals surface area contributed by atoms with E-state index in [2.05, 4.69) is 9.97 Å². The van der Waals surface area contributed by atoms with Gasteiger partial charge in [-0.3, -0.25) is 9.59 Å². The number of nitrogens with zero attached hydrogens (tertiary/aromatic N) is 3. The second kappa shape index (κ2) is 8.16. The minimum Gasteiger partial charge on any atom is -0.507 e. The Kier molecular flexibility index (Phi) is 5.39. The first kappa shape index (κ1) is 20.5. The third-order valence-corrected chi connectivity index (χ3v) is 5.01. The van der Waals surface area contributed by atoms with E-state index in [1.54, 1.807) is 36.5 Å². The predicted molar refractivity (Wildman–Crippen MR) is 116 cm³/mol. The monoisotopic (exact) mass is 420 g/mol. The average Bonchev–Trinajstić information content (AvgIpc) is 3.18. The van der Waals surface area contributed by atoms with Gasteiger partial charge in [0.1, 0.15) is 11.6 Å². The Morgan fingerprint density at radius 2 is 1.97 bits per heavy atom. The van der Waals surface area contributed by atoms with Crippen LogP contribution in [0.4, 0.5) is 4.39 Å². The number of likely N-dealkylation sites (N-methyl/N-ethyl adjacent to an activating group) is 1. The van der Waals surface area contributed by atoms with Crippen molar-refractivity contribution >= 4 is 16.7 Å². The molecule has 2 heterocycles. The van der Waals surface area contributed by atoms with Crippen LogP contribution in [0, 0.1) is 5.82 Å². The van der Waals surface area contributed by atoms with Crippen molar-refractivity contribution in [3.05, 3.63) is 82.0 Å². The lowest BCUT2D eigenvalue weighted by Crippen LogP contribution is -2.19. The number of fused-ring (bicyclic) bond motifs is 1. The van der Waals surface area contributed by atoms with Crippen molar-refractivity contribution in [2.75, 3.05) is 20.6 Å². The standard InChI is InChI=1S/C23H21FN4O3/c1-27(2)9-10-28-13-14(21(30)17-12-15(24)7-8-20(17)29)11-19(28)22-25-18-6-4-3-5-16(18)23(31)26-22/h3-8,11-13,29H,9-10H2,1-2H3,(H,25,26,31). The molecule has 0 aliphatic rings. The molecule has 0 amide bonds. The second-order valence-corrected chi connectivity index (χ2v) is 7.53. The number of para-hydroxylation sites is 1. The highest BCUT2D eigenvalue weighted by molar-refractivity contribution is 6.11. The van der Waals surface area contributed by atoms with Gasteiger partial charge in [0, 0.05) is 24.8 Å². The van der Waals surface area contributed by atoms with Crippen molar-refractivity contribution < 1.29 is 14.3 Å². The van der Waals surface area contributed by atoms with Crippen LogP contribution < -0.4 is 5.56 Å². The summed E-state index contributed by atoms with van der Waals surface area (Å²) in [6.45, 7) is 1.21. The van der Waals surface area contributed by atoms with Crippen molar-refractivity contribution in [3.8, 4) is 17.3 Å². The normalized spacial score (nSPS) is 11.4. The Balaban J connectivity index is 1.84. The van der Waals surface area contributed by atoms with E-state index in [1.807, 2.05) is 23.6 Å². The van der Waals surface area contributed by atoms with Crippen LogP contribution in [0.5, 0.6) is 5.75 Å². The molecule has 2 aromatic heterocycles. The van der Waals surface area contributed by atoms with Crippen molar-refractivity contribution in [2.45, 2.75) is 6.54 Å². The lowest BCUT2D eigenvalue weighted by molar-refractivity contribution is 0.103. The Morgan fingerprint density at radius 3 is 2.74 bits per heavy atom. The quantitative estimate of drug-likeness (QED) is 0.468. The Labute approximate surface area is 177 Å². The summed E-state index contributed by atoms with van der Waals surface area (Å²) in [5, 5.41) is 10.5. The van der Waals surface area contributed by atoms with E-state index in [0.717, 1.165) is 18.2 Å². The lowest BCUT2D eigenvalue weighted by atomic mass is 10.0. The van der Waals surface area contributed by atoms with Gasteiger partial charge in [-0.1, -0.05) is 12.1 Å². The van der Waals surface area contributed by atoms with Crippen LogP contribution in [-0.4, -0.2) is 51.0 Å². The van der Waals surface area contributed by atoms with Crippen LogP contribution in [0.15, 0.2) is 59.5 Å². The first-order valence-electron chi connectivity index (χ1n) is 9.71. The fourth-order valence-corrected chi connectivity index (χ4v) is 3.38. The van der Waals surface area contributed by atoms with Crippen LogP contribution in [0.3, 0.4) is 0 Å². The van der Waals surface area contributed by atoms with E-state index in [-0.39, 0.29) is 22.4 Å². The van der Waals surface area contributed by atoms with Crippen molar-refractivity contribution in [3.63, 3.8) is 0 Å². The summed E-state index contributed by atoms with van der Waals surface area (Å²) in [6, 6.07) is 11.8. The Bertz CT molecular complexity index is 1340. The summed E-state index contributed by atoms with van der Waals surface area (Å²) >= 11 is 0. The van der Waals surface area contributed by atoms with Crippen LogP contribution in [0.2, 0.25) is 0 Å². The minimum absolute atomic E-state index is 0.128. The van der Waals surface area contributed by atoms with Crippen molar-refractivity contribution in [1.82, 2.24) is 19.4 Å². The Morgan fingerprint density at radius 1 is 1.19 bits per heavy atom. The highest BCUT2D eigenvalue weighted by Gasteiger charge is 2.20. The molecule has 2 aromatic carbocycles. The maximum absolute atomic E-state index is 13.7. The van der Waals surface area contributed by atoms with Gasteiger partial charge in [0.25, 0.3) is 5.56 Å². The maximum Gasteiger partial charge on any atom is 0.259 e. The number of aromatic nitrogens is 3. The fraction of sp³-hybridized carbons (Fsp3) is 0.174. The molecule has 0 aliphatic carbocycles. The molecular weight excluding hydrogens is 399 g/mol. The molecule has 158 valence electrons. The van der Waals surface area contributed by atoms with Gasteiger partial charge < -0.3 is 19.6 Å². The number of aromatic hydroxyl groups is 1. The molecular formula is C23H21FN4O3. The average molecular weight is 420 g/mol. The molecule has 0 saturated carbocycles. The number of nitrogens with one attached hydrogen (secondary N) is 1. The van der Waals surface area contributed by atoms with Gasteiger partial charge in [0.05, 0.1) is 22.2 Å². The largest absolute Gasteiger partial charge is 0.507 e. The van der Waals surface area contributed by atoms with E-state index in [1.165, 1.54) is 0 Å². The molecule has 0 radical (unpaired) electrons. The van der Waals surface area contributed by atoms with E-state index in [9.17, 15) is 19.1 Å². The number of H-pyrrole nitrogens is 1. The molecule has 4 aromatic rings. The van der Waals surface area contributed by atoms with E-state index < -0.39 is 11.6 Å². The molecule has 31 heavy (non-hydrogen) atoms. The van der Waals surface area contributed by atoms with Crippen LogP contribution in [0.25, 0.3) is 22.4 Å². The summed E-state index contributed by atoms with van der Waals surface area (Å²) in [5.41, 5.74) is 0.930. The molecule has 0 unspecified atom stereocenters. The van der Waals surface area contributed by atoms with Gasteiger partial charge in [-0.15, -0.1) is 0 Å². The third kappa shape index (κ3) is 4.10. The molecule has 0 aliphatic heterocycles. The first-order chi connectivity index (χ1) is 14.8. The van der Waals surface area contributed by atoms with Crippen LogP contribution >= 0.6 is 0 Å². The van der Waals surface area contributed by atoms with E-state index in [4.69, 9.17) is 0 Å². The number of carbonyl (C=O) groups excluding carboxylic acids is 1. The topological polar surface area (TPSA) is 91.2 Å². The number of hydrogen-bond donors (Lipinski definition) is 2. The molecule has 0 saturated heterocycles. The predicted octanol–water partition coefficient (Wildman–Crippen LogP) is 3.03. The number of aromatic amines is 1. The fourth-order valence-electron chi connectivity index (χ4n) is 3.38. The maximum atomic E-state index is 13.7. The van der Waals surface area contributed by atoms with Gasteiger partial charge in [-0.2, -0.15) is 0 Å². The lowest BCUT2D eigenvalue weighted by Gasteiger charge is -2.13. The first-order valence-corrected chi connectivity index (χ1v) is 9.71. The number of carbonyl (C=O) groups is 1. The number of benzene rings is 2. The van der Waals surface area contributed by atoms with Gasteiger partial charge in [-0.25, -0.2) is 9.37 Å². The molecule has 8 heteroatoms. The minimum atomic E-state index is -0.617. The van der Waals surface area contributed by atoms with Gasteiger partial charge >= 0.3 is 0 Å². The van der Waals surface area contributed by atoms with Crippen molar-refractivity contribution in [1.29, 1.82) is 0 Å². The number of hydrogen-bond acceptors (Lipinski definition) is 5. The molecule has 7 nitrogen and oxygen atoms in total. The second-order valence-electron chi connectivity index (χ2n) is 7.53. The van der Waals surface area contributed by atoms with E-state index in [0.29, 0.717) is 35.5 Å². The highest BCUT2D eigenvalue weighted by Crippen LogP contribution is 2.26. The molecule has 0 atom stereocenters. The highest BCUT2D eigenvalue weighted by atomic mass is 19.1. The molecule has 2 N–H and O–H groups in total. The van der Waals surface area contributed by atoms with Gasteiger partial charge in [0.15, 0.2) is 11.6 Å². The van der Waals surface area contributed by atoms with Crippen molar-refractivity contribution in [2.24, 2.45) is 0 Å². The van der Waals surface area contributed by atoms with E-state index >= 15 is 0 Å².